The van der Waals surface area contributed by atoms with Crippen LogP contribution in [0.4, 0.5) is 5.69 Å². The van der Waals surface area contributed by atoms with Gasteiger partial charge in [0.15, 0.2) is 5.96 Å². The lowest BCUT2D eigenvalue weighted by Crippen LogP contribution is -2.53. The van der Waals surface area contributed by atoms with Crippen LogP contribution in [-0.4, -0.2) is 60.6 Å². The number of guanidine groups is 1. The van der Waals surface area contributed by atoms with E-state index in [4.69, 9.17) is 0 Å². The summed E-state index contributed by atoms with van der Waals surface area (Å²) in [6.07, 6.45) is 0. The summed E-state index contributed by atoms with van der Waals surface area (Å²) in [5, 5.41) is 3.36. The number of anilines is 1. The Balaban J connectivity index is 1.46. The SMILES string of the molecule is CN=C(NCCS(=O)c1ccccc1)N1CCN(c2ccccc2)CC1. The molecule has 1 atom stereocenters. The Morgan fingerprint density at radius 2 is 1.62 bits per heavy atom. The maximum atomic E-state index is 12.3. The molecule has 2 aromatic rings. The van der Waals surface area contributed by atoms with E-state index in [2.05, 4.69) is 44.4 Å². The molecule has 0 aromatic heterocycles. The Morgan fingerprint density at radius 1 is 1.00 bits per heavy atom. The van der Waals surface area contributed by atoms with E-state index in [0.717, 1.165) is 37.0 Å². The van der Waals surface area contributed by atoms with Crippen LogP contribution in [0, 0.1) is 0 Å². The van der Waals surface area contributed by atoms with Crippen LogP contribution in [0.5, 0.6) is 0 Å². The van der Waals surface area contributed by atoms with Gasteiger partial charge in [-0.15, -0.1) is 0 Å². The van der Waals surface area contributed by atoms with Crippen molar-refractivity contribution in [3.05, 3.63) is 60.7 Å². The Kier molecular flexibility index (Phi) is 6.66. The Bertz CT molecular complexity index is 728. The van der Waals surface area contributed by atoms with Crippen LogP contribution in [0.15, 0.2) is 70.6 Å². The zero-order valence-corrected chi connectivity index (χ0v) is 16.0. The number of hydrogen-bond acceptors (Lipinski definition) is 3. The fourth-order valence-corrected chi connectivity index (χ4v) is 4.08. The van der Waals surface area contributed by atoms with Gasteiger partial charge in [0.25, 0.3) is 0 Å². The molecule has 1 aliphatic rings. The monoisotopic (exact) mass is 370 g/mol. The predicted molar refractivity (Wildman–Crippen MR) is 109 cm³/mol. The summed E-state index contributed by atoms with van der Waals surface area (Å²) in [5.74, 6) is 1.47. The number of hydrogen-bond donors (Lipinski definition) is 1. The lowest BCUT2D eigenvalue weighted by molar-refractivity contribution is 0.373. The minimum Gasteiger partial charge on any atom is -0.368 e. The first-order valence-corrected chi connectivity index (χ1v) is 10.3. The Labute approximate surface area is 158 Å². The molecule has 1 N–H and O–H groups in total. The van der Waals surface area contributed by atoms with Crippen LogP contribution in [0.25, 0.3) is 0 Å². The van der Waals surface area contributed by atoms with Crippen LogP contribution in [-0.2, 0) is 10.8 Å². The van der Waals surface area contributed by atoms with E-state index < -0.39 is 10.8 Å². The van der Waals surface area contributed by atoms with Crippen LogP contribution >= 0.6 is 0 Å². The van der Waals surface area contributed by atoms with Gasteiger partial charge in [0, 0.05) is 56.1 Å². The second kappa shape index (κ2) is 9.38. The van der Waals surface area contributed by atoms with E-state index in [1.165, 1.54) is 5.69 Å². The summed E-state index contributed by atoms with van der Waals surface area (Å²) in [4.78, 5) is 9.93. The maximum absolute atomic E-state index is 12.3. The fraction of sp³-hybridized carbons (Fsp3) is 0.350. The number of nitrogens with one attached hydrogen (secondary N) is 1. The van der Waals surface area contributed by atoms with Gasteiger partial charge in [-0.3, -0.25) is 9.20 Å². The minimum atomic E-state index is -0.982. The lowest BCUT2D eigenvalue weighted by atomic mass is 10.2. The van der Waals surface area contributed by atoms with E-state index in [-0.39, 0.29) is 0 Å². The zero-order valence-electron chi connectivity index (χ0n) is 15.2. The highest BCUT2D eigenvalue weighted by molar-refractivity contribution is 7.85. The van der Waals surface area contributed by atoms with Crippen molar-refractivity contribution in [1.29, 1.82) is 0 Å². The normalized spacial score (nSPS) is 16.4. The molecule has 26 heavy (non-hydrogen) atoms. The van der Waals surface area contributed by atoms with E-state index in [0.29, 0.717) is 12.3 Å². The summed E-state index contributed by atoms with van der Waals surface area (Å²) < 4.78 is 12.3. The van der Waals surface area contributed by atoms with Crippen molar-refractivity contribution < 1.29 is 4.21 Å². The summed E-state index contributed by atoms with van der Waals surface area (Å²) in [7, 11) is 0.824. The molecule has 1 unspecified atom stereocenters. The van der Waals surface area contributed by atoms with Gasteiger partial charge in [-0.1, -0.05) is 36.4 Å². The molecule has 0 radical (unpaired) electrons. The van der Waals surface area contributed by atoms with Crippen molar-refractivity contribution in [1.82, 2.24) is 10.2 Å². The van der Waals surface area contributed by atoms with Gasteiger partial charge in [-0.25, -0.2) is 0 Å². The maximum Gasteiger partial charge on any atom is 0.193 e. The molecule has 1 saturated heterocycles. The smallest absolute Gasteiger partial charge is 0.193 e. The largest absolute Gasteiger partial charge is 0.368 e. The standard InChI is InChI=1S/C20H26N4OS/c1-21-20(22-12-17-26(25)19-10-6-3-7-11-19)24-15-13-23(14-16-24)18-8-4-2-5-9-18/h2-11H,12-17H2,1H3,(H,21,22). The van der Waals surface area contributed by atoms with Gasteiger partial charge in [-0.2, -0.15) is 0 Å². The second-order valence-electron chi connectivity index (χ2n) is 6.15. The van der Waals surface area contributed by atoms with Crippen LogP contribution in [0.1, 0.15) is 0 Å². The summed E-state index contributed by atoms with van der Waals surface area (Å²) in [6.45, 7) is 4.45. The Morgan fingerprint density at radius 3 is 2.23 bits per heavy atom. The van der Waals surface area contributed by atoms with E-state index in [9.17, 15) is 4.21 Å². The highest BCUT2D eigenvalue weighted by Crippen LogP contribution is 2.15. The molecule has 1 fully saturated rings. The first-order valence-electron chi connectivity index (χ1n) is 8.97. The van der Waals surface area contributed by atoms with Gasteiger partial charge in [0.05, 0.1) is 10.8 Å². The molecule has 6 heteroatoms. The van der Waals surface area contributed by atoms with Gasteiger partial charge < -0.3 is 15.1 Å². The Hall–Kier alpha value is -2.34. The van der Waals surface area contributed by atoms with Crippen LogP contribution in [0.2, 0.25) is 0 Å². The summed E-state index contributed by atoms with van der Waals surface area (Å²) in [6, 6.07) is 20.1. The summed E-state index contributed by atoms with van der Waals surface area (Å²) >= 11 is 0. The summed E-state index contributed by atoms with van der Waals surface area (Å²) in [5.41, 5.74) is 1.27. The fourth-order valence-electron chi connectivity index (χ4n) is 3.09. The topological polar surface area (TPSA) is 47.9 Å². The number of rotatable bonds is 5. The minimum absolute atomic E-state index is 0.576. The first kappa shape index (κ1) is 18.5. The average Bonchev–Trinajstić information content (AvgIpc) is 2.72. The van der Waals surface area contributed by atoms with Gasteiger partial charge >= 0.3 is 0 Å². The molecule has 0 aliphatic carbocycles. The van der Waals surface area contributed by atoms with Crippen molar-refractivity contribution >= 4 is 22.4 Å². The van der Waals surface area contributed by atoms with Gasteiger partial charge in [0.2, 0.25) is 0 Å². The van der Waals surface area contributed by atoms with Crippen molar-refractivity contribution in [3.63, 3.8) is 0 Å². The molecule has 1 aliphatic heterocycles. The molecule has 0 amide bonds. The second-order valence-corrected chi connectivity index (χ2v) is 7.72. The van der Waals surface area contributed by atoms with Crippen molar-refractivity contribution in [3.8, 4) is 0 Å². The number of piperazine rings is 1. The lowest BCUT2D eigenvalue weighted by Gasteiger charge is -2.37. The third-order valence-corrected chi connectivity index (χ3v) is 5.86. The van der Waals surface area contributed by atoms with E-state index in [1.54, 1.807) is 7.05 Å². The molecule has 5 nitrogen and oxygen atoms in total. The van der Waals surface area contributed by atoms with Gasteiger partial charge in [0.1, 0.15) is 0 Å². The molecule has 138 valence electrons. The molecule has 0 saturated carbocycles. The number of aliphatic imine (C=N–C) groups is 1. The van der Waals surface area contributed by atoms with Crippen molar-refractivity contribution in [2.75, 3.05) is 50.4 Å². The van der Waals surface area contributed by atoms with Crippen LogP contribution in [0.3, 0.4) is 0 Å². The molecule has 0 spiro atoms. The molecule has 1 heterocycles. The molecule has 2 aromatic carbocycles. The molecular weight excluding hydrogens is 344 g/mol. The number of para-hydroxylation sites is 1. The van der Waals surface area contributed by atoms with Crippen molar-refractivity contribution in [2.45, 2.75) is 4.90 Å². The highest BCUT2D eigenvalue weighted by atomic mass is 32.2. The van der Waals surface area contributed by atoms with E-state index >= 15 is 0 Å². The van der Waals surface area contributed by atoms with Crippen molar-refractivity contribution in [2.24, 2.45) is 4.99 Å². The molecule has 3 rings (SSSR count). The quantitative estimate of drug-likeness (QED) is 0.647. The third kappa shape index (κ3) is 4.85. The van der Waals surface area contributed by atoms with Gasteiger partial charge in [-0.05, 0) is 24.3 Å². The molecule has 0 bridgehead atoms. The predicted octanol–water partition coefficient (Wildman–Crippen LogP) is 2.19. The number of benzene rings is 2. The first-order chi connectivity index (χ1) is 12.8. The third-order valence-electron chi connectivity index (χ3n) is 4.49. The number of nitrogens with zero attached hydrogens (tertiary/aromatic N) is 3. The average molecular weight is 371 g/mol. The zero-order chi connectivity index (χ0) is 18.2. The van der Waals surface area contributed by atoms with Crippen LogP contribution < -0.4 is 10.2 Å². The van der Waals surface area contributed by atoms with E-state index in [1.807, 2.05) is 36.4 Å². The highest BCUT2D eigenvalue weighted by Gasteiger charge is 2.19. The molecular formula is C20H26N4OS.